The molecule has 0 saturated carbocycles. The first-order valence-corrected chi connectivity index (χ1v) is 7.09. The van der Waals surface area contributed by atoms with Crippen molar-refractivity contribution in [2.24, 2.45) is 0 Å². The van der Waals surface area contributed by atoms with E-state index in [1.54, 1.807) is 12.1 Å². The van der Waals surface area contributed by atoms with Crippen molar-refractivity contribution in [3.8, 4) is 5.75 Å². The van der Waals surface area contributed by atoms with Crippen LogP contribution >= 0.6 is 0 Å². The van der Waals surface area contributed by atoms with Crippen LogP contribution in [0.5, 0.6) is 5.75 Å². The highest BCUT2D eigenvalue weighted by Gasteiger charge is 2.19. The molecule has 1 saturated heterocycles. The number of nitrogens with one attached hydrogen (secondary N) is 1. The Morgan fingerprint density at radius 1 is 1.24 bits per heavy atom. The molecule has 1 aliphatic rings. The Bertz CT molecular complexity index is 420. The number of carbonyl (C=O) groups excluding carboxylic acids is 1. The Morgan fingerprint density at radius 3 is 2.41 bits per heavy atom. The average Bonchev–Trinajstić information content (AvgIpc) is 2.33. The zero-order chi connectivity index (χ0) is 12.3. The lowest BCUT2D eigenvalue weighted by Crippen LogP contribution is -2.39. The molecule has 0 spiro atoms. The van der Waals surface area contributed by atoms with Gasteiger partial charge in [0.1, 0.15) is 5.75 Å². The van der Waals surface area contributed by atoms with E-state index < -0.39 is 10.8 Å². The lowest BCUT2D eigenvalue weighted by molar-refractivity contribution is 0.0934. The van der Waals surface area contributed by atoms with Crippen molar-refractivity contribution in [3.63, 3.8) is 0 Å². The van der Waals surface area contributed by atoms with Gasteiger partial charge in [-0.3, -0.25) is 9.00 Å². The molecule has 2 rings (SSSR count). The standard InChI is InChI=1S/C12H15NO3S/c14-11-3-1-9(2-4-11)12(15)13-10-5-7-17(16)8-6-10/h1-4,10,14H,5-8H2,(H,13,15). The normalized spacial score (nSPS) is 24.2. The third-order valence-electron chi connectivity index (χ3n) is 2.85. The predicted octanol–water partition coefficient (Wildman–Crippen LogP) is 1.03. The van der Waals surface area contributed by atoms with Gasteiger partial charge in [0.25, 0.3) is 5.91 Å². The summed E-state index contributed by atoms with van der Waals surface area (Å²) in [6.07, 6.45) is 1.55. The fraction of sp³-hybridized carbons (Fsp3) is 0.417. The summed E-state index contributed by atoms with van der Waals surface area (Å²) in [7, 11) is -0.708. The second-order valence-electron chi connectivity index (χ2n) is 4.14. The Hall–Kier alpha value is -1.36. The number of hydrogen-bond donors (Lipinski definition) is 2. The van der Waals surface area contributed by atoms with Crippen LogP contribution in [0, 0.1) is 0 Å². The number of phenolic OH excluding ortho intramolecular Hbond substituents is 1. The number of benzene rings is 1. The molecular weight excluding hydrogens is 238 g/mol. The summed E-state index contributed by atoms with van der Waals surface area (Å²) in [5.41, 5.74) is 0.537. The molecule has 2 N–H and O–H groups in total. The number of rotatable bonds is 2. The maximum absolute atomic E-state index is 11.8. The van der Waals surface area contributed by atoms with E-state index in [-0.39, 0.29) is 17.7 Å². The highest BCUT2D eigenvalue weighted by molar-refractivity contribution is 7.85. The van der Waals surface area contributed by atoms with Crippen LogP contribution in [0.1, 0.15) is 23.2 Å². The summed E-state index contributed by atoms with van der Waals surface area (Å²) >= 11 is 0. The average molecular weight is 253 g/mol. The van der Waals surface area contributed by atoms with Crippen LogP contribution in [0.15, 0.2) is 24.3 Å². The van der Waals surface area contributed by atoms with Crippen molar-refractivity contribution in [3.05, 3.63) is 29.8 Å². The Kier molecular flexibility index (Phi) is 3.78. The monoisotopic (exact) mass is 253 g/mol. The van der Waals surface area contributed by atoms with Gasteiger partial charge in [-0.15, -0.1) is 0 Å². The summed E-state index contributed by atoms with van der Waals surface area (Å²) in [6.45, 7) is 0. The van der Waals surface area contributed by atoms with Crippen LogP contribution in [0.2, 0.25) is 0 Å². The highest BCUT2D eigenvalue weighted by Crippen LogP contribution is 2.12. The topological polar surface area (TPSA) is 66.4 Å². The molecule has 0 aromatic heterocycles. The van der Waals surface area contributed by atoms with Gasteiger partial charge in [-0.25, -0.2) is 0 Å². The van der Waals surface area contributed by atoms with Gasteiger partial charge in [0, 0.05) is 33.9 Å². The van der Waals surface area contributed by atoms with Gasteiger partial charge in [-0.05, 0) is 37.1 Å². The van der Waals surface area contributed by atoms with Gasteiger partial charge in [-0.2, -0.15) is 0 Å². The first-order valence-electron chi connectivity index (χ1n) is 5.60. The van der Waals surface area contributed by atoms with Gasteiger partial charge in [0.05, 0.1) is 0 Å². The van der Waals surface area contributed by atoms with Crippen LogP contribution in [0.3, 0.4) is 0 Å². The number of carbonyl (C=O) groups is 1. The van der Waals surface area contributed by atoms with E-state index in [0.29, 0.717) is 17.1 Å². The second kappa shape index (κ2) is 5.31. The number of aromatic hydroxyl groups is 1. The fourth-order valence-corrected chi connectivity index (χ4v) is 3.12. The largest absolute Gasteiger partial charge is 0.508 e. The molecule has 4 nitrogen and oxygen atoms in total. The zero-order valence-electron chi connectivity index (χ0n) is 9.39. The van der Waals surface area contributed by atoms with Crippen molar-refractivity contribution in [1.29, 1.82) is 0 Å². The molecule has 17 heavy (non-hydrogen) atoms. The maximum atomic E-state index is 11.8. The van der Waals surface area contributed by atoms with E-state index in [4.69, 9.17) is 5.11 Å². The minimum absolute atomic E-state index is 0.119. The minimum Gasteiger partial charge on any atom is -0.508 e. The summed E-state index contributed by atoms with van der Waals surface area (Å²) in [4.78, 5) is 11.8. The van der Waals surface area contributed by atoms with Crippen molar-refractivity contribution in [2.75, 3.05) is 11.5 Å². The third-order valence-corrected chi connectivity index (χ3v) is 4.23. The van der Waals surface area contributed by atoms with E-state index in [0.717, 1.165) is 12.8 Å². The molecule has 1 aliphatic heterocycles. The summed E-state index contributed by atoms with van der Waals surface area (Å²) < 4.78 is 11.2. The van der Waals surface area contributed by atoms with E-state index in [9.17, 15) is 9.00 Å². The van der Waals surface area contributed by atoms with Crippen molar-refractivity contribution < 1.29 is 14.1 Å². The van der Waals surface area contributed by atoms with Gasteiger partial charge in [-0.1, -0.05) is 0 Å². The molecule has 1 heterocycles. The molecule has 0 bridgehead atoms. The van der Waals surface area contributed by atoms with Crippen LogP contribution < -0.4 is 5.32 Å². The molecule has 0 unspecified atom stereocenters. The van der Waals surface area contributed by atoms with E-state index in [2.05, 4.69) is 5.32 Å². The maximum Gasteiger partial charge on any atom is 0.251 e. The van der Waals surface area contributed by atoms with Gasteiger partial charge in [0.15, 0.2) is 0 Å². The van der Waals surface area contributed by atoms with E-state index >= 15 is 0 Å². The molecule has 1 aromatic carbocycles. The van der Waals surface area contributed by atoms with Gasteiger partial charge < -0.3 is 10.4 Å². The lowest BCUT2D eigenvalue weighted by Gasteiger charge is -2.22. The Balaban J connectivity index is 1.93. The number of phenols is 1. The molecule has 0 aliphatic carbocycles. The van der Waals surface area contributed by atoms with Crippen molar-refractivity contribution >= 4 is 16.7 Å². The van der Waals surface area contributed by atoms with Crippen LogP contribution in [0.4, 0.5) is 0 Å². The molecule has 92 valence electrons. The minimum atomic E-state index is -0.708. The smallest absolute Gasteiger partial charge is 0.251 e. The highest BCUT2D eigenvalue weighted by atomic mass is 32.2. The number of hydrogen-bond acceptors (Lipinski definition) is 3. The molecule has 1 aromatic rings. The van der Waals surface area contributed by atoms with Crippen molar-refractivity contribution in [2.45, 2.75) is 18.9 Å². The van der Waals surface area contributed by atoms with Gasteiger partial charge >= 0.3 is 0 Å². The summed E-state index contributed by atoms with van der Waals surface area (Å²) in [5, 5.41) is 12.0. The van der Waals surface area contributed by atoms with Crippen LogP contribution in [-0.4, -0.2) is 32.8 Å². The van der Waals surface area contributed by atoms with Gasteiger partial charge in [0.2, 0.25) is 0 Å². The SMILES string of the molecule is O=C(NC1CCS(=O)CC1)c1ccc(O)cc1. The molecule has 1 fully saturated rings. The summed E-state index contributed by atoms with van der Waals surface area (Å²) in [5.74, 6) is 1.35. The third kappa shape index (κ3) is 3.30. The molecule has 5 heteroatoms. The van der Waals surface area contributed by atoms with E-state index in [1.165, 1.54) is 12.1 Å². The molecule has 0 radical (unpaired) electrons. The zero-order valence-corrected chi connectivity index (χ0v) is 10.2. The first kappa shape index (κ1) is 12.1. The summed E-state index contributed by atoms with van der Waals surface area (Å²) in [6, 6.07) is 6.28. The fourth-order valence-electron chi connectivity index (χ4n) is 1.82. The predicted molar refractivity (Wildman–Crippen MR) is 66.5 cm³/mol. The second-order valence-corrected chi connectivity index (χ2v) is 5.84. The van der Waals surface area contributed by atoms with Crippen LogP contribution in [0.25, 0.3) is 0 Å². The quantitative estimate of drug-likeness (QED) is 0.827. The molecular formula is C12H15NO3S. The Morgan fingerprint density at radius 2 is 1.82 bits per heavy atom. The van der Waals surface area contributed by atoms with E-state index in [1.807, 2.05) is 0 Å². The van der Waals surface area contributed by atoms with Crippen LogP contribution in [-0.2, 0) is 10.8 Å². The molecule has 1 amide bonds. The lowest BCUT2D eigenvalue weighted by atomic mass is 10.1. The Labute approximate surface area is 102 Å². The molecule has 0 atom stereocenters. The first-order chi connectivity index (χ1) is 8.15. The van der Waals surface area contributed by atoms with Crippen molar-refractivity contribution in [1.82, 2.24) is 5.32 Å². The number of amides is 1.